The molecule has 1 saturated carbocycles. The SMILES string of the molecule is COc1cccc(C(C2CC2O)N2CCC3Cc4[nH]c5cc(Cl)ccc5c4CC3C2)c1. The molecule has 2 aliphatic carbocycles. The van der Waals surface area contributed by atoms with Gasteiger partial charge in [0.2, 0.25) is 0 Å². The van der Waals surface area contributed by atoms with Gasteiger partial charge in [0.25, 0.3) is 0 Å². The molecule has 2 N–H and O–H groups in total. The number of aromatic nitrogens is 1. The minimum atomic E-state index is -0.176. The molecule has 5 heteroatoms. The van der Waals surface area contributed by atoms with Gasteiger partial charge in [-0.25, -0.2) is 0 Å². The Morgan fingerprint density at radius 2 is 2.03 bits per heavy atom. The number of nitrogens with zero attached hydrogens (tertiary/aromatic N) is 1. The van der Waals surface area contributed by atoms with Crippen LogP contribution in [0.15, 0.2) is 42.5 Å². The number of piperidine rings is 1. The van der Waals surface area contributed by atoms with Crippen molar-refractivity contribution in [3.63, 3.8) is 0 Å². The second-order valence-electron chi connectivity index (χ2n) is 9.67. The first-order valence-corrected chi connectivity index (χ1v) is 11.8. The predicted octanol–water partition coefficient (Wildman–Crippen LogP) is 4.99. The Bertz CT molecular complexity index is 1130. The molecule has 2 heterocycles. The maximum Gasteiger partial charge on any atom is 0.119 e. The van der Waals surface area contributed by atoms with E-state index in [1.165, 1.54) is 34.1 Å². The lowest BCUT2D eigenvalue weighted by Crippen LogP contribution is -2.46. The summed E-state index contributed by atoms with van der Waals surface area (Å²) < 4.78 is 5.49. The molecule has 0 amide bonds. The van der Waals surface area contributed by atoms with E-state index in [4.69, 9.17) is 16.3 Å². The second kappa shape index (κ2) is 7.54. The van der Waals surface area contributed by atoms with Crippen molar-refractivity contribution in [3.05, 3.63) is 64.3 Å². The number of aliphatic hydroxyl groups is 1. The molecule has 1 aromatic heterocycles. The molecule has 31 heavy (non-hydrogen) atoms. The van der Waals surface area contributed by atoms with Crippen LogP contribution < -0.4 is 4.74 Å². The Hall–Kier alpha value is -2.01. The number of hydrogen-bond acceptors (Lipinski definition) is 3. The lowest BCUT2D eigenvalue weighted by Gasteiger charge is -2.44. The monoisotopic (exact) mass is 436 g/mol. The van der Waals surface area contributed by atoms with Crippen LogP contribution in [0.2, 0.25) is 5.02 Å². The molecule has 1 aliphatic heterocycles. The first kappa shape index (κ1) is 19.7. The summed E-state index contributed by atoms with van der Waals surface area (Å²) in [5, 5.41) is 12.4. The van der Waals surface area contributed by atoms with Crippen LogP contribution in [0.5, 0.6) is 5.75 Å². The summed E-state index contributed by atoms with van der Waals surface area (Å²) in [5.74, 6) is 2.60. The van der Waals surface area contributed by atoms with Gasteiger partial charge in [-0.05, 0) is 79.5 Å². The first-order valence-electron chi connectivity index (χ1n) is 11.5. The molecule has 0 radical (unpaired) electrons. The van der Waals surface area contributed by atoms with E-state index in [1.807, 2.05) is 12.1 Å². The van der Waals surface area contributed by atoms with Crippen LogP contribution in [-0.4, -0.2) is 41.3 Å². The number of H-pyrrole nitrogens is 1. The summed E-state index contributed by atoms with van der Waals surface area (Å²) in [4.78, 5) is 6.30. The first-order chi connectivity index (χ1) is 15.1. The van der Waals surface area contributed by atoms with E-state index in [-0.39, 0.29) is 12.1 Å². The van der Waals surface area contributed by atoms with Crippen LogP contribution in [-0.2, 0) is 12.8 Å². The molecule has 2 fully saturated rings. The van der Waals surface area contributed by atoms with Crippen LogP contribution in [0.3, 0.4) is 0 Å². The lowest BCUT2D eigenvalue weighted by molar-refractivity contribution is 0.0583. The molecule has 2 aromatic carbocycles. The van der Waals surface area contributed by atoms with Gasteiger partial charge in [-0.1, -0.05) is 29.8 Å². The van der Waals surface area contributed by atoms with Crippen molar-refractivity contribution >= 4 is 22.5 Å². The molecule has 0 spiro atoms. The zero-order valence-electron chi connectivity index (χ0n) is 17.9. The number of hydrogen-bond donors (Lipinski definition) is 2. The maximum absolute atomic E-state index is 10.3. The average Bonchev–Trinajstić information content (AvgIpc) is 3.38. The Balaban J connectivity index is 1.29. The molecule has 6 rings (SSSR count). The molecule has 5 unspecified atom stereocenters. The summed E-state index contributed by atoms with van der Waals surface area (Å²) in [6, 6.07) is 14.9. The number of methoxy groups -OCH3 is 1. The molecule has 1 saturated heterocycles. The fourth-order valence-corrected chi connectivity index (χ4v) is 6.34. The quantitative estimate of drug-likeness (QED) is 0.605. The van der Waals surface area contributed by atoms with Crippen molar-refractivity contribution < 1.29 is 9.84 Å². The summed E-state index contributed by atoms with van der Waals surface area (Å²) in [6.07, 6.45) is 4.19. The molecule has 3 aromatic rings. The molecule has 0 bridgehead atoms. The summed E-state index contributed by atoms with van der Waals surface area (Å²) >= 11 is 6.23. The largest absolute Gasteiger partial charge is 0.497 e. The smallest absolute Gasteiger partial charge is 0.119 e. The number of likely N-dealkylation sites (tertiary alicyclic amines) is 1. The van der Waals surface area contributed by atoms with E-state index in [0.29, 0.717) is 11.8 Å². The number of nitrogens with one attached hydrogen (secondary N) is 1. The Morgan fingerprint density at radius 3 is 2.84 bits per heavy atom. The second-order valence-corrected chi connectivity index (χ2v) is 10.1. The van der Waals surface area contributed by atoms with Crippen molar-refractivity contribution in [2.45, 2.75) is 37.8 Å². The van der Waals surface area contributed by atoms with E-state index in [1.54, 1.807) is 7.11 Å². The third-order valence-electron chi connectivity index (χ3n) is 7.85. The fourth-order valence-electron chi connectivity index (χ4n) is 6.17. The third-order valence-corrected chi connectivity index (χ3v) is 8.09. The predicted molar refractivity (Wildman–Crippen MR) is 124 cm³/mol. The number of benzene rings is 2. The molecule has 4 nitrogen and oxygen atoms in total. The Labute approximate surface area is 188 Å². The number of aliphatic hydroxyl groups excluding tert-OH is 1. The number of fused-ring (bicyclic) bond motifs is 4. The highest BCUT2D eigenvalue weighted by Gasteiger charge is 2.47. The zero-order chi connectivity index (χ0) is 21.1. The normalized spacial score (nSPS) is 28.7. The summed E-state index contributed by atoms with van der Waals surface area (Å²) in [6.45, 7) is 2.18. The number of halogens is 1. The van der Waals surface area contributed by atoms with Gasteiger partial charge in [-0.15, -0.1) is 0 Å². The third kappa shape index (κ3) is 3.45. The minimum Gasteiger partial charge on any atom is -0.497 e. The van der Waals surface area contributed by atoms with Crippen LogP contribution in [0, 0.1) is 17.8 Å². The van der Waals surface area contributed by atoms with E-state index >= 15 is 0 Å². The van der Waals surface area contributed by atoms with Crippen molar-refractivity contribution in [2.24, 2.45) is 17.8 Å². The molecule has 162 valence electrons. The van der Waals surface area contributed by atoms with Crippen LogP contribution >= 0.6 is 11.6 Å². The fraction of sp³-hybridized carbons (Fsp3) is 0.462. The van der Waals surface area contributed by atoms with Gasteiger partial charge in [0.1, 0.15) is 5.75 Å². The number of aromatic amines is 1. The average molecular weight is 437 g/mol. The van der Waals surface area contributed by atoms with Gasteiger partial charge in [0.15, 0.2) is 0 Å². The van der Waals surface area contributed by atoms with Gasteiger partial charge >= 0.3 is 0 Å². The molecule has 3 aliphatic rings. The van der Waals surface area contributed by atoms with E-state index in [9.17, 15) is 5.11 Å². The number of rotatable bonds is 4. The lowest BCUT2D eigenvalue weighted by atomic mass is 9.73. The van der Waals surface area contributed by atoms with E-state index < -0.39 is 0 Å². The molecular formula is C26H29ClN2O2. The van der Waals surface area contributed by atoms with Crippen molar-refractivity contribution in [1.29, 1.82) is 0 Å². The van der Waals surface area contributed by atoms with Gasteiger partial charge in [0, 0.05) is 40.1 Å². The summed E-state index contributed by atoms with van der Waals surface area (Å²) in [7, 11) is 1.72. The standard InChI is InChI=1S/C26H29ClN2O2/c1-31-19-4-2-3-16(9-19)26(22-13-25(22)30)29-8-7-15-11-23-21(10-17(15)14-29)20-6-5-18(27)12-24(20)28-23/h2-6,9,12,15,17,22,25-26,28,30H,7-8,10-11,13-14H2,1H3. The van der Waals surface area contributed by atoms with Gasteiger partial charge in [-0.3, -0.25) is 4.90 Å². The highest BCUT2D eigenvalue weighted by Crippen LogP contribution is 2.48. The minimum absolute atomic E-state index is 0.176. The van der Waals surface area contributed by atoms with Gasteiger partial charge < -0.3 is 14.8 Å². The highest BCUT2D eigenvalue weighted by molar-refractivity contribution is 6.31. The van der Waals surface area contributed by atoms with Crippen molar-refractivity contribution in [1.82, 2.24) is 9.88 Å². The highest BCUT2D eigenvalue weighted by atomic mass is 35.5. The number of ether oxygens (including phenoxy) is 1. The van der Waals surface area contributed by atoms with E-state index in [0.717, 1.165) is 49.0 Å². The topological polar surface area (TPSA) is 48.5 Å². The van der Waals surface area contributed by atoms with Crippen molar-refractivity contribution in [3.8, 4) is 5.75 Å². The van der Waals surface area contributed by atoms with Gasteiger partial charge in [0.05, 0.1) is 13.2 Å². The zero-order valence-corrected chi connectivity index (χ0v) is 18.6. The molecular weight excluding hydrogens is 408 g/mol. The van der Waals surface area contributed by atoms with Crippen LogP contribution in [0.4, 0.5) is 0 Å². The summed E-state index contributed by atoms with van der Waals surface area (Å²) in [5.41, 5.74) is 5.34. The van der Waals surface area contributed by atoms with Crippen LogP contribution in [0.1, 0.15) is 35.7 Å². The Kier molecular flexibility index (Phi) is 4.78. The van der Waals surface area contributed by atoms with Crippen LogP contribution in [0.25, 0.3) is 10.9 Å². The maximum atomic E-state index is 10.3. The van der Waals surface area contributed by atoms with Gasteiger partial charge in [-0.2, -0.15) is 0 Å². The van der Waals surface area contributed by atoms with Crippen molar-refractivity contribution in [2.75, 3.05) is 20.2 Å². The molecule has 5 atom stereocenters. The Morgan fingerprint density at radius 1 is 1.16 bits per heavy atom. The van der Waals surface area contributed by atoms with E-state index in [2.05, 4.69) is 40.2 Å².